The van der Waals surface area contributed by atoms with Crippen LogP contribution in [0.25, 0.3) is 0 Å². The van der Waals surface area contributed by atoms with Gasteiger partial charge in [0, 0.05) is 31.7 Å². The maximum absolute atomic E-state index is 12.8. The summed E-state index contributed by atoms with van der Waals surface area (Å²) in [5, 5.41) is 0. The normalized spacial score (nSPS) is 14.5. The molecular weight excluding hydrogens is 406 g/mol. The Hall–Kier alpha value is -2.77. The average Bonchev–Trinajstić information content (AvgIpc) is 2.77. The highest BCUT2D eigenvalue weighted by atomic mass is 35.5. The molecule has 1 heterocycles. The average molecular weight is 434 g/mol. The molecular formula is C22H28ClN3O4. The van der Waals surface area contributed by atoms with E-state index in [1.165, 1.54) is 7.11 Å². The Balaban J connectivity index is 0.00000320. The first-order valence-corrected chi connectivity index (χ1v) is 9.57. The number of nitrogens with two attached hydrogens (primary N) is 1. The third-order valence-electron chi connectivity index (χ3n) is 5.21. The molecule has 30 heavy (non-hydrogen) atoms. The van der Waals surface area contributed by atoms with Crippen LogP contribution in [0.4, 0.5) is 0 Å². The second-order valence-electron chi connectivity index (χ2n) is 7.08. The lowest BCUT2D eigenvalue weighted by Gasteiger charge is -2.36. The molecule has 2 N–H and O–H groups in total. The van der Waals surface area contributed by atoms with Crippen LogP contribution in [-0.2, 0) is 4.79 Å². The summed E-state index contributed by atoms with van der Waals surface area (Å²) < 4.78 is 10.5. The number of piperazine rings is 1. The quantitative estimate of drug-likeness (QED) is 0.782. The van der Waals surface area contributed by atoms with Gasteiger partial charge in [0.25, 0.3) is 5.91 Å². The fourth-order valence-electron chi connectivity index (χ4n) is 3.39. The minimum Gasteiger partial charge on any atom is -0.493 e. The van der Waals surface area contributed by atoms with Crippen molar-refractivity contribution in [3.05, 3.63) is 59.2 Å². The van der Waals surface area contributed by atoms with Gasteiger partial charge in [0.2, 0.25) is 5.91 Å². The van der Waals surface area contributed by atoms with Crippen LogP contribution in [0.5, 0.6) is 11.5 Å². The fraction of sp³-hybridized carbons (Fsp3) is 0.364. The molecule has 1 unspecified atom stereocenters. The van der Waals surface area contributed by atoms with Crippen LogP contribution in [0.2, 0.25) is 0 Å². The van der Waals surface area contributed by atoms with Crippen LogP contribution in [0, 0.1) is 6.92 Å². The van der Waals surface area contributed by atoms with E-state index in [4.69, 9.17) is 15.2 Å². The molecule has 0 bridgehead atoms. The Kier molecular flexibility index (Phi) is 8.08. The van der Waals surface area contributed by atoms with Crippen molar-refractivity contribution in [2.45, 2.75) is 13.0 Å². The fourth-order valence-corrected chi connectivity index (χ4v) is 3.39. The zero-order valence-electron chi connectivity index (χ0n) is 17.5. The number of rotatable bonds is 5. The van der Waals surface area contributed by atoms with Crippen LogP contribution in [0.1, 0.15) is 27.5 Å². The standard InChI is InChI=1S/C22H27N3O4.ClH/c1-15-4-6-16(7-5-15)20(23)22(27)25-12-10-24(11-13-25)21(26)17-8-9-18(28-2)19(14-17)29-3;/h4-9,14,20H,10-13,23H2,1-3H3;1H. The molecule has 1 aliphatic rings. The first-order valence-electron chi connectivity index (χ1n) is 9.57. The van der Waals surface area contributed by atoms with E-state index >= 15 is 0 Å². The van der Waals surface area contributed by atoms with Crippen LogP contribution in [0.3, 0.4) is 0 Å². The van der Waals surface area contributed by atoms with Gasteiger partial charge in [-0.05, 0) is 30.7 Å². The third-order valence-corrected chi connectivity index (χ3v) is 5.21. The number of aryl methyl sites for hydroxylation is 1. The molecule has 7 nitrogen and oxygen atoms in total. The van der Waals surface area contributed by atoms with Crippen LogP contribution < -0.4 is 15.2 Å². The minimum atomic E-state index is -0.691. The maximum atomic E-state index is 12.8. The van der Waals surface area contributed by atoms with E-state index in [0.717, 1.165) is 11.1 Å². The lowest BCUT2D eigenvalue weighted by atomic mass is 10.0. The molecule has 0 radical (unpaired) electrons. The van der Waals surface area contributed by atoms with Crippen molar-refractivity contribution in [3.8, 4) is 11.5 Å². The Labute approximate surface area is 183 Å². The molecule has 1 saturated heterocycles. The molecule has 1 atom stereocenters. The largest absolute Gasteiger partial charge is 0.493 e. The molecule has 162 valence electrons. The molecule has 2 amide bonds. The van der Waals surface area contributed by atoms with Gasteiger partial charge < -0.3 is 25.0 Å². The molecule has 2 aromatic carbocycles. The second kappa shape index (κ2) is 10.3. The zero-order valence-corrected chi connectivity index (χ0v) is 18.3. The summed E-state index contributed by atoms with van der Waals surface area (Å²) in [7, 11) is 3.09. The molecule has 0 aromatic heterocycles. The Morgan fingerprint density at radius 1 is 0.900 bits per heavy atom. The Morgan fingerprint density at radius 3 is 2.03 bits per heavy atom. The monoisotopic (exact) mass is 433 g/mol. The summed E-state index contributed by atoms with van der Waals surface area (Å²) in [5.41, 5.74) is 8.61. The van der Waals surface area contributed by atoms with Crippen molar-refractivity contribution in [1.82, 2.24) is 9.80 Å². The van der Waals surface area contributed by atoms with Gasteiger partial charge in [-0.25, -0.2) is 0 Å². The van der Waals surface area contributed by atoms with Crippen molar-refractivity contribution < 1.29 is 19.1 Å². The van der Waals surface area contributed by atoms with Gasteiger partial charge >= 0.3 is 0 Å². The van der Waals surface area contributed by atoms with Crippen molar-refractivity contribution in [2.24, 2.45) is 5.73 Å². The molecule has 8 heteroatoms. The molecule has 0 aliphatic carbocycles. The highest BCUT2D eigenvalue weighted by Crippen LogP contribution is 2.28. The lowest BCUT2D eigenvalue weighted by molar-refractivity contribution is -0.134. The summed E-state index contributed by atoms with van der Waals surface area (Å²) in [6.45, 7) is 3.82. The number of carbonyl (C=O) groups is 2. The van der Waals surface area contributed by atoms with Gasteiger partial charge in [-0.15, -0.1) is 12.4 Å². The van der Waals surface area contributed by atoms with Gasteiger partial charge in [0.1, 0.15) is 6.04 Å². The molecule has 0 saturated carbocycles. The van der Waals surface area contributed by atoms with Crippen LogP contribution in [-0.4, -0.2) is 62.0 Å². The zero-order chi connectivity index (χ0) is 21.0. The molecule has 1 fully saturated rings. The Morgan fingerprint density at radius 2 is 1.47 bits per heavy atom. The van der Waals surface area contributed by atoms with Crippen molar-refractivity contribution >= 4 is 24.2 Å². The van der Waals surface area contributed by atoms with Crippen molar-refractivity contribution in [1.29, 1.82) is 0 Å². The predicted molar refractivity (Wildman–Crippen MR) is 117 cm³/mol. The molecule has 3 rings (SSSR count). The number of nitrogens with zero attached hydrogens (tertiary/aromatic N) is 2. The van der Waals surface area contributed by atoms with Crippen molar-refractivity contribution in [3.63, 3.8) is 0 Å². The number of hydrogen-bond donors (Lipinski definition) is 1. The van der Waals surface area contributed by atoms with Gasteiger partial charge in [-0.2, -0.15) is 0 Å². The van der Waals surface area contributed by atoms with Gasteiger partial charge in [0.05, 0.1) is 14.2 Å². The van der Waals surface area contributed by atoms with Gasteiger partial charge in [-0.1, -0.05) is 29.8 Å². The number of ether oxygens (including phenoxy) is 2. The minimum absolute atomic E-state index is 0. The van der Waals surface area contributed by atoms with E-state index < -0.39 is 6.04 Å². The Bertz CT molecular complexity index is 880. The summed E-state index contributed by atoms with van der Waals surface area (Å²) in [6.07, 6.45) is 0. The summed E-state index contributed by atoms with van der Waals surface area (Å²) in [4.78, 5) is 29.0. The van der Waals surface area contributed by atoms with E-state index in [9.17, 15) is 9.59 Å². The number of methoxy groups -OCH3 is 2. The third kappa shape index (κ3) is 5.04. The number of carbonyl (C=O) groups excluding carboxylic acids is 2. The molecule has 2 aromatic rings. The number of halogens is 1. The van der Waals surface area contributed by atoms with E-state index in [-0.39, 0.29) is 24.2 Å². The first-order chi connectivity index (χ1) is 13.9. The predicted octanol–water partition coefficient (Wildman–Crippen LogP) is 2.42. The topological polar surface area (TPSA) is 85.1 Å². The number of benzene rings is 2. The summed E-state index contributed by atoms with van der Waals surface area (Å²) in [6, 6.07) is 12.1. The van der Waals surface area contributed by atoms with E-state index in [1.807, 2.05) is 31.2 Å². The summed E-state index contributed by atoms with van der Waals surface area (Å²) in [5.74, 6) is 0.869. The van der Waals surface area contributed by atoms with Crippen LogP contribution >= 0.6 is 12.4 Å². The SMILES string of the molecule is COc1ccc(C(=O)N2CCN(C(=O)C(N)c3ccc(C)cc3)CC2)cc1OC.Cl. The van der Waals surface area contributed by atoms with E-state index in [1.54, 1.807) is 35.1 Å². The highest BCUT2D eigenvalue weighted by Gasteiger charge is 2.28. The number of amides is 2. The maximum Gasteiger partial charge on any atom is 0.254 e. The number of hydrogen-bond acceptors (Lipinski definition) is 5. The molecule has 1 aliphatic heterocycles. The van der Waals surface area contributed by atoms with Crippen molar-refractivity contribution in [2.75, 3.05) is 40.4 Å². The second-order valence-corrected chi connectivity index (χ2v) is 7.08. The van der Waals surface area contributed by atoms with Gasteiger partial charge in [-0.3, -0.25) is 9.59 Å². The first kappa shape index (κ1) is 23.5. The van der Waals surface area contributed by atoms with Gasteiger partial charge in [0.15, 0.2) is 11.5 Å². The lowest BCUT2D eigenvalue weighted by Crippen LogP contribution is -2.52. The highest BCUT2D eigenvalue weighted by molar-refractivity contribution is 5.95. The van der Waals surface area contributed by atoms with E-state index in [0.29, 0.717) is 43.2 Å². The molecule has 0 spiro atoms. The smallest absolute Gasteiger partial charge is 0.254 e. The van der Waals surface area contributed by atoms with E-state index in [2.05, 4.69) is 0 Å². The van der Waals surface area contributed by atoms with Crippen LogP contribution in [0.15, 0.2) is 42.5 Å². The summed E-state index contributed by atoms with van der Waals surface area (Å²) >= 11 is 0.